The normalized spacial score (nSPS) is 13.4. The van der Waals surface area contributed by atoms with Crippen molar-refractivity contribution in [3.8, 4) is 0 Å². The Morgan fingerprint density at radius 1 is 1.06 bits per heavy atom. The molecule has 1 nitrogen and oxygen atoms in total. The first-order valence-electron chi connectivity index (χ1n) is 4.64. The van der Waals surface area contributed by atoms with Gasteiger partial charge in [0.1, 0.15) is 6.10 Å². The second-order valence-corrected chi connectivity index (χ2v) is 7.15. The number of fused-ring (bicyclic) bond motifs is 1. The van der Waals surface area contributed by atoms with Gasteiger partial charge in [-0.1, -0.05) is 11.6 Å². The van der Waals surface area contributed by atoms with Gasteiger partial charge < -0.3 is 5.11 Å². The highest BCUT2D eigenvalue weighted by Crippen LogP contribution is 2.38. The Morgan fingerprint density at radius 3 is 2.62 bits per heavy atom. The van der Waals surface area contributed by atoms with Gasteiger partial charge in [-0.2, -0.15) is 0 Å². The Labute approximate surface area is 110 Å². The van der Waals surface area contributed by atoms with Gasteiger partial charge in [-0.15, -0.1) is 34.0 Å². The maximum Gasteiger partial charge on any atom is 0.122 e. The molecule has 82 valence electrons. The van der Waals surface area contributed by atoms with Gasteiger partial charge in [0.2, 0.25) is 0 Å². The van der Waals surface area contributed by atoms with Crippen molar-refractivity contribution >= 4 is 55.0 Å². The van der Waals surface area contributed by atoms with Crippen LogP contribution in [0.3, 0.4) is 0 Å². The van der Waals surface area contributed by atoms with Crippen LogP contribution in [0.1, 0.15) is 15.9 Å². The Hall–Kier alpha value is -0.390. The van der Waals surface area contributed by atoms with Crippen LogP contribution in [0, 0.1) is 0 Å². The Balaban J connectivity index is 2.00. The lowest BCUT2D eigenvalue weighted by atomic mass is 10.2. The molecule has 1 atom stereocenters. The minimum atomic E-state index is -0.540. The fourth-order valence-electron chi connectivity index (χ4n) is 1.53. The van der Waals surface area contributed by atoms with Gasteiger partial charge in [0.05, 0.1) is 4.34 Å². The van der Waals surface area contributed by atoms with Gasteiger partial charge in [-0.25, -0.2) is 0 Å². The standard InChI is InChI=1S/C11H7ClOS3/c12-10-2-1-7(16-10)11(13)9-5-8-6(15-9)3-4-14-8/h1-5,11,13H. The number of rotatable bonds is 2. The Kier molecular flexibility index (Phi) is 2.77. The molecule has 3 aromatic rings. The number of halogens is 1. The highest BCUT2D eigenvalue weighted by molar-refractivity contribution is 7.27. The zero-order chi connectivity index (χ0) is 11.1. The van der Waals surface area contributed by atoms with Gasteiger partial charge in [-0.3, -0.25) is 0 Å². The van der Waals surface area contributed by atoms with Crippen LogP contribution in [-0.4, -0.2) is 5.11 Å². The summed E-state index contributed by atoms with van der Waals surface area (Å²) in [6.45, 7) is 0. The smallest absolute Gasteiger partial charge is 0.122 e. The quantitative estimate of drug-likeness (QED) is 0.720. The molecule has 0 spiro atoms. The summed E-state index contributed by atoms with van der Waals surface area (Å²) in [5, 5.41) is 12.3. The van der Waals surface area contributed by atoms with Crippen LogP contribution in [0.15, 0.2) is 29.6 Å². The summed E-state index contributed by atoms with van der Waals surface area (Å²) in [4.78, 5) is 1.89. The van der Waals surface area contributed by atoms with Gasteiger partial charge in [0.25, 0.3) is 0 Å². The summed E-state index contributed by atoms with van der Waals surface area (Å²) in [5.41, 5.74) is 0. The van der Waals surface area contributed by atoms with E-state index in [2.05, 4.69) is 17.5 Å². The Morgan fingerprint density at radius 2 is 1.94 bits per heavy atom. The minimum Gasteiger partial charge on any atom is -0.382 e. The van der Waals surface area contributed by atoms with Gasteiger partial charge in [-0.05, 0) is 29.6 Å². The molecule has 0 saturated carbocycles. The van der Waals surface area contributed by atoms with E-state index in [1.807, 2.05) is 12.1 Å². The molecule has 0 aliphatic heterocycles. The first-order chi connectivity index (χ1) is 7.74. The van der Waals surface area contributed by atoms with Gasteiger partial charge in [0.15, 0.2) is 0 Å². The average molecular weight is 287 g/mol. The maximum absolute atomic E-state index is 10.2. The molecule has 0 bridgehead atoms. The molecule has 0 aliphatic carbocycles. The van der Waals surface area contributed by atoms with Crippen molar-refractivity contribution in [1.29, 1.82) is 0 Å². The average Bonchev–Trinajstić information content (AvgIpc) is 2.89. The van der Waals surface area contributed by atoms with Crippen LogP contribution >= 0.6 is 45.6 Å². The zero-order valence-corrected chi connectivity index (χ0v) is 11.2. The summed E-state index contributed by atoms with van der Waals surface area (Å²) in [7, 11) is 0. The summed E-state index contributed by atoms with van der Waals surface area (Å²) < 4.78 is 3.19. The van der Waals surface area contributed by atoms with E-state index < -0.39 is 6.10 Å². The molecular formula is C11H7ClOS3. The molecule has 0 saturated heterocycles. The summed E-state index contributed by atoms with van der Waals surface area (Å²) in [5.74, 6) is 0. The number of aliphatic hydroxyl groups excluding tert-OH is 1. The van der Waals surface area contributed by atoms with Crippen molar-refractivity contribution < 1.29 is 5.11 Å². The van der Waals surface area contributed by atoms with Crippen molar-refractivity contribution in [3.63, 3.8) is 0 Å². The molecule has 0 radical (unpaired) electrons. The predicted molar refractivity (Wildman–Crippen MR) is 73.1 cm³/mol. The van der Waals surface area contributed by atoms with E-state index in [1.54, 1.807) is 22.7 Å². The molecule has 1 unspecified atom stereocenters. The number of hydrogen-bond acceptors (Lipinski definition) is 4. The van der Waals surface area contributed by atoms with Crippen LogP contribution in [0.4, 0.5) is 0 Å². The summed E-state index contributed by atoms with van der Waals surface area (Å²) >= 11 is 10.6. The molecule has 3 rings (SSSR count). The van der Waals surface area contributed by atoms with Crippen LogP contribution in [0.2, 0.25) is 4.34 Å². The van der Waals surface area contributed by atoms with E-state index in [0.29, 0.717) is 4.34 Å². The third-order valence-corrected chi connectivity index (χ3v) is 5.72. The van der Waals surface area contributed by atoms with Crippen LogP contribution < -0.4 is 0 Å². The van der Waals surface area contributed by atoms with E-state index in [9.17, 15) is 5.11 Å². The largest absolute Gasteiger partial charge is 0.382 e. The molecule has 0 fully saturated rings. The van der Waals surface area contributed by atoms with E-state index in [0.717, 1.165) is 9.75 Å². The first-order valence-corrected chi connectivity index (χ1v) is 7.53. The highest BCUT2D eigenvalue weighted by atomic mass is 35.5. The molecule has 5 heteroatoms. The third-order valence-electron chi connectivity index (χ3n) is 2.29. The van der Waals surface area contributed by atoms with E-state index in [1.165, 1.54) is 20.7 Å². The predicted octanol–water partition coefficient (Wildman–Crippen LogP) is 4.76. The van der Waals surface area contributed by atoms with Gasteiger partial charge in [0, 0.05) is 19.2 Å². The molecular weight excluding hydrogens is 280 g/mol. The van der Waals surface area contributed by atoms with Crippen molar-refractivity contribution in [1.82, 2.24) is 0 Å². The van der Waals surface area contributed by atoms with Crippen molar-refractivity contribution in [2.24, 2.45) is 0 Å². The monoisotopic (exact) mass is 286 g/mol. The topological polar surface area (TPSA) is 20.2 Å². The maximum atomic E-state index is 10.2. The molecule has 0 amide bonds. The lowest BCUT2D eigenvalue weighted by Gasteiger charge is -2.04. The zero-order valence-electron chi connectivity index (χ0n) is 8.01. The second kappa shape index (κ2) is 4.13. The first kappa shape index (κ1) is 10.7. The van der Waals surface area contributed by atoms with Crippen LogP contribution in [0.5, 0.6) is 0 Å². The van der Waals surface area contributed by atoms with Crippen LogP contribution in [-0.2, 0) is 0 Å². The Bertz CT molecular complexity index is 593. The van der Waals surface area contributed by atoms with Crippen molar-refractivity contribution in [3.05, 3.63) is 43.7 Å². The SMILES string of the molecule is OC(c1ccc(Cl)s1)c1cc2sccc2s1. The summed E-state index contributed by atoms with van der Waals surface area (Å²) in [6, 6.07) is 7.84. The van der Waals surface area contributed by atoms with E-state index in [4.69, 9.17) is 11.6 Å². The molecule has 0 aliphatic rings. The van der Waals surface area contributed by atoms with Crippen molar-refractivity contribution in [2.45, 2.75) is 6.10 Å². The third kappa shape index (κ3) is 1.81. The molecule has 1 N–H and O–H groups in total. The highest BCUT2D eigenvalue weighted by Gasteiger charge is 2.15. The van der Waals surface area contributed by atoms with Gasteiger partial charge >= 0.3 is 0 Å². The van der Waals surface area contributed by atoms with E-state index >= 15 is 0 Å². The fourth-order valence-corrected chi connectivity index (χ4v) is 4.80. The van der Waals surface area contributed by atoms with Crippen molar-refractivity contribution in [2.75, 3.05) is 0 Å². The fraction of sp³-hybridized carbons (Fsp3) is 0.0909. The number of thiophene rings is 3. The number of aliphatic hydroxyl groups is 1. The molecule has 16 heavy (non-hydrogen) atoms. The summed E-state index contributed by atoms with van der Waals surface area (Å²) in [6.07, 6.45) is -0.540. The minimum absolute atomic E-state index is 0.540. The molecule has 3 aromatic heterocycles. The number of hydrogen-bond donors (Lipinski definition) is 1. The lowest BCUT2D eigenvalue weighted by Crippen LogP contribution is -1.92. The second-order valence-electron chi connectivity index (χ2n) is 3.34. The van der Waals surface area contributed by atoms with Crippen LogP contribution in [0.25, 0.3) is 9.40 Å². The molecule has 3 heterocycles. The molecule has 0 aromatic carbocycles. The lowest BCUT2D eigenvalue weighted by molar-refractivity contribution is 0.228. The van der Waals surface area contributed by atoms with E-state index in [-0.39, 0.29) is 0 Å².